The number of carbonyl (C=O) groups excluding carboxylic acids is 1. The van der Waals surface area contributed by atoms with Gasteiger partial charge in [-0.1, -0.05) is 45.0 Å². The van der Waals surface area contributed by atoms with E-state index in [0.29, 0.717) is 11.4 Å². The van der Waals surface area contributed by atoms with Gasteiger partial charge in [-0.2, -0.15) is 0 Å². The molecule has 4 aromatic rings. The molecular weight excluding hydrogens is 372 g/mol. The maximum Gasteiger partial charge on any atom is 0.259 e. The predicted octanol–water partition coefficient (Wildman–Crippen LogP) is 5.92. The van der Waals surface area contributed by atoms with Crippen molar-refractivity contribution >= 4 is 33.9 Å². The van der Waals surface area contributed by atoms with Crippen LogP contribution >= 0.6 is 0 Å². The first kappa shape index (κ1) is 19.6. The minimum absolute atomic E-state index is 0.0664. The first-order valence-corrected chi connectivity index (χ1v) is 9.88. The van der Waals surface area contributed by atoms with Crippen LogP contribution in [0.5, 0.6) is 0 Å². The average Bonchev–Trinajstić information content (AvgIpc) is 2.74. The molecule has 0 fully saturated rings. The maximum atomic E-state index is 13.0. The second-order valence-electron chi connectivity index (χ2n) is 8.21. The summed E-state index contributed by atoms with van der Waals surface area (Å²) in [5.41, 5.74) is 3.38. The van der Waals surface area contributed by atoms with Gasteiger partial charge in [-0.3, -0.25) is 9.78 Å². The quantitative estimate of drug-likeness (QED) is 0.449. The van der Waals surface area contributed by atoms with Gasteiger partial charge in [-0.05, 0) is 47.4 Å². The fraction of sp³-hybridized carbons (Fsp3) is 0.160. The predicted molar refractivity (Wildman–Crippen MR) is 122 cm³/mol. The second-order valence-corrected chi connectivity index (χ2v) is 8.21. The van der Waals surface area contributed by atoms with Crippen molar-refractivity contribution in [2.24, 2.45) is 0 Å². The van der Waals surface area contributed by atoms with Gasteiger partial charge in [0.2, 0.25) is 0 Å². The number of hydrogen-bond acceptors (Lipinski definition) is 4. The van der Waals surface area contributed by atoms with Crippen molar-refractivity contribution < 1.29 is 4.79 Å². The number of carbonyl (C=O) groups is 1. The zero-order valence-corrected chi connectivity index (χ0v) is 17.3. The van der Waals surface area contributed by atoms with Crippen molar-refractivity contribution in [1.29, 1.82) is 0 Å². The van der Waals surface area contributed by atoms with Crippen LogP contribution in [0.25, 0.3) is 10.8 Å². The third kappa shape index (κ3) is 4.15. The summed E-state index contributed by atoms with van der Waals surface area (Å²) in [6.45, 7) is 6.49. The van der Waals surface area contributed by atoms with E-state index in [1.807, 2.05) is 54.7 Å². The van der Waals surface area contributed by atoms with Crippen LogP contribution in [0.3, 0.4) is 0 Å². The summed E-state index contributed by atoms with van der Waals surface area (Å²) in [4.78, 5) is 21.5. The fourth-order valence-electron chi connectivity index (χ4n) is 3.30. The molecule has 4 rings (SSSR count). The lowest BCUT2D eigenvalue weighted by molar-refractivity contribution is 0.102. The van der Waals surface area contributed by atoms with Crippen molar-refractivity contribution in [1.82, 2.24) is 9.97 Å². The zero-order valence-electron chi connectivity index (χ0n) is 17.3. The molecule has 0 aliphatic carbocycles. The third-order valence-corrected chi connectivity index (χ3v) is 4.99. The van der Waals surface area contributed by atoms with Gasteiger partial charge in [-0.15, -0.1) is 0 Å². The monoisotopic (exact) mass is 396 g/mol. The maximum absolute atomic E-state index is 13.0. The summed E-state index contributed by atoms with van der Waals surface area (Å²) in [5.74, 6) is 0.293. The molecule has 1 amide bonds. The number of rotatable bonds is 4. The number of pyridine rings is 2. The van der Waals surface area contributed by atoms with Crippen molar-refractivity contribution in [2.75, 3.05) is 10.6 Å². The molecule has 2 N–H and O–H groups in total. The Hall–Kier alpha value is -3.73. The fourth-order valence-corrected chi connectivity index (χ4v) is 3.30. The van der Waals surface area contributed by atoms with E-state index in [1.54, 1.807) is 24.5 Å². The van der Waals surface area contributed by atoms with Crippen LogP contribution in [-0.4, -0.2) is 15.9 Å². The van der Waals surface area contributed by atoms with Crippen LogP contribution in [0.1, 0.15) is 36.7 Å². The van der Waals surface area contributed by atoms with Crippen LogP contribution in [0.4, 0.5) is 17.2 Å². The van der Waals surface area contributed by atoms with Gasteiger partial charge in [-0.25, -0.2) is 4.98 Å². The molecule has 0 saturated carbocycles. The lowest BCUT2D eigenvalue weighted by Crippen LogP contribution is -2.15. The SMILES string of the molecule is CC(C)(C)c1ccc(NC(=O)c2cccnc2Nc2cccc3cnccc23)cc1. The molecular formula is C25H24N4O. The van der Waals surface area contributed by atoms with Crippen molar-refractivity contribution in [3.8, 4) is 0 Å². The molecule has 0 radical (unpaired) electrons. The lowest BCUT2D eigenvalue weighted by Gasteiger charge is -2.19. The van der Waals surface area contributed by atoms with Gasteiger partial charge in [0.1, 0.15) is 5.82 Å². The van der Waals surface area contributed by atoms with Gasteiger partial charge < -0.3 is 10.6 Å². The van der Waals surface area contributed by atoms with E-state index in [-0.39, 0.29) is 11.3 Å². The molecule has 0 aliphatic rings. The van der Waals surface area contributed by atoms with Gasteiger partial charge in [0.25, 0.3) is 5.91 Å². The van der Waals surface area contributed by atoms with E-state index < -0.39 is 0 Å². The highest BCUT2D eigenvalue weighted by Gasteiger charge is 2.16. The largest absolute Gasteiger partial charge is 0.339 e. The van der Waals surface area contributed by atoms with Crippen molar-refractivity contribution in [3.05, 3.63) is 90.4 Å². The second kappa shape index (κ2) is 7.95. The number of nitrogens with zero attached hydrogens (tertiary/aromatic N) is 2. The Morgan fingerprint density at radius 2 is 1.70 bits per heavy atom. The van der Waals surface area contributed by atoms with Gasteiger partial charge in [0, 0.05) is 40.7 Å². The summed E-state index contributed by atoms with van der Waals surface area (Å²) in [5, 5.41) is 8.32. The average molecular weight is 396 g/mol. The van der Waals surface area contributed by atoms with E-state index in [0.717, 1.165) is 22.1 Å². The summed E-state index contributed by atoms with van der Waals surface area (Å²) >= 11 is 0. The Labute approximate surface area is 176 Å². The highest BCUT2D eigenvalue weighted by Crippen LogP contribution is 2.27. The Morgan fingerprint density at radius 1 is 0.900 bits per heavy atom. The van der Waals surface area contributed by atoms with Crippen LogP contribution in [-0.2, 0) is 5.41 Å². The molecule has 150 valence electrons. The molecule has 0 spiro atoms. The first-order valence-electron chi connectivity index (χ1n) is 9.88. The van der Waals surface area contributed by atoms with E-state index in [9.17, 15) is 4.79 Å². The molecule has 5 heteroatoms. The normalized spacial score (nSPS) is 11.3. The van der Waals surface area contributed by atoms with E-state index >= 15 is 0 Å². The number of nitrogens with one attached hydrogen (secondary N) is 2. The molecule has 0 bridgehead atoms. The molecule has 0 unspecified atom stereocenters. The summed E-state index contributed by atoms with van der Waals surface area (Å²) in [6.07, 6.45) is 5.23. The standard InChI is InChI=1S/C25H24N4O/c1-25(2,3)18-9-11-19(12-10-18)28-24(30)21-7-5-14-27-23(21)29-22-8-4-6-17-16-26-15-13-20(17)22/h4-16H,1-3H3,(H,27,29)(H,28,30). The van der Waals surface area contributed by atoms with E-state index in [2.05, 4.69) is 41.4 Å². The lowest BCUT2D eigenvalue weighted by atomic mass is 9.87. The summed E-state index contributed by atoms with van der Waals surface area (Å²) in [7, 11) is 0. The molecule has 2 aromatic carbocycles. The minimum Gasteiger partial charge on any atom is -0.339 e. The molecule has 0 saturated heterocycles. The number of benzene rings is 2. The van der Waals surface area contributed by atoms with Gasteiger partial charge in [0.15, 0.2) is 0 Å². The van der Waals surface area contributed by atoms with Crippen LogP contribution in [0.15, 0.2) is 79.3 Å². The van der Waals surface area contributed by atoms with Crippen LogP contribution < -0.4 is 10.6 Å². The Bertz CT molecular complexity index is 1190. The molecule has 0 aliphatic heterocycles. The molecule has 2 aromatic heterocycles. The highest BCUT2D eigenvalue weighted by molar-refractivity contribution is 6.08. The van der Waals surface area contributed by atoms with Gasteiger partial charge >= 0.3 is 0 Å². The molecule has 30 heavy (non-hydrogen) atoms. The highest BCUT2D eigenvalue weighted by atomic mass is 16.1. The summed E-state index contributed by atoms with van der Waals surface area (Å²) < 4.78 is 0. The molecule has 5 nitrogen and oxygen atoms in total. The minimum atomic E-state index is -0.212. The van der Waals surface area contributed by atoms with E-state index in [1.165, 1.54) is 5.56 Å². The Balaban J connectivity index is 1.59. The number of amides is 1. The third-order valence-electron chi connectivity index (χ3n) is 4.99. The van der Waals surface area contributed by atoms with Crippen molar-refractivity contribution in [3.63, 3.8) is 0 Å². The zero-order chi connectivity index (χ0) is 21.1. The first-order chi connectivity index (χ1) is 14.4. The van der Waals surface area contributed by atoms with Crippen LogP contribution in [0.2, 0.25) is 0 Å². The molecule has 2 heterocycles. The van der Waals surface area contributed by atoms with Crippen LogP contribution in [0, 0.1) is 0 Å². The number of aromatic nitrogens is 2. The van der Waals surface area contributed by atoms with E-state index in [4.69, 9.17) is 0 Å². The smallest absolute Gasteiger partial charge is 0.259 e. The van der Waals surface area contributed by atoms with Crippen molar-refractivity contribution in [2.45, 2.75) is 26.2 Å². The van der Waals surface area contributed by atoms with Gasteiger partial charge in [0.05, 0.1) is 5.56 Å². The molecule has 0 atom stereocenters. The Kier molecular flexibility index (Phi) is 5.19. The topological polar surface area (TPSA) is 66.9 Å². The Morgan fingerprint density at radius 3 is 2.47 bits per heavy atom. The number of fused-ring (bicyclic) bond motifs is 1. The number of anilines is 3. The number of hydrogen-bond donors (Lipinski definition) is 2. The summed E-state index contributed by atoms with van der Waals surface area (Å²) in [6, 6.07) is 19.3.